The van der Waals surface area contributed by atoms with Crippen molar-refractivity contribution >= 4 is 23.2 Å². The zero-order valence-electron chi connectivity index (χ0n) is 15.0. The van der Waals surface area contributed by atoms with E-state index < -0.39 is 5.97 Å². The van der Waals surface area contributed by atoms with Crippen molar-refractivity contribution in [1.29, 1.82) is 0 Å². The molecule has 1 aliphatic rings. The fraction of sp³-hybridized carbons (Fsp3) is 0.474. The summed E-state index contributed by atoms with van der Waals surface area (Å²) in [4.78, 5) is 33.4. The fourth-order valence-corrected chi connectivity index (χ4v) is 4.10. The van der Waals surface area contributed by atoms with E-state index in [0.29, 0.717) is 27.2 Å². The zero-order chi connectivity index (χ0) is 18.5. The smallest absolute Gasteiger partial charge is 0.350 e. The lowest BCUT2D eigenvalue weighted by atomic mass is 9.86. The summed E-state index contributed by atoms with van der Waals surface area (Å²) >= 11 is 1.23. The number of nitrogens with one attached hydrogen (secondary N) is 1. The van der Waals surface area contributed by atoms with Gasteiger partial charge in [-0.1, -0.05) is 25.8 Å². The number of hydrogen-bond acceptors (Lipinski definition) is 6. The summed E-state index contributed by atoms with van der Waals surface area (Å²) in [6.45, 7) is 3.64. The molecule has 2 aromatic heterocycles. The van der Waals surface area contributed by atoms with E-state index in [1.165, 1.54) is 17.8 Å². The Labute approximate surface area is 157 Å². The van der Waals surface area contributed by atoms with Crippen molar-refractivity contribution in [2.45, 2.75) is 45.6 Å². The first-order valence-electron chi connectivity index (χ1n) is 8.90. The second kappa shape index (κ2) is 8.40. The van der Waals surface area contributed by atoms with E-state index in [0.717, 1.165) is 19.3 Å². The highest BCUT2D eigenvalue weighted by Crippen LogP contribution is 2.27. The third-order valence-corrected chi connectivity index (χ3v) is 5.82. The maximum atomic E-state index is 12.3. The van der Waals surface area contributed by atoms with E-state index >= 15 is 0 Å². The van der Waals surface area contributed by atoms with Gasteiger partial charge in [0.05, 0.1) is 11.4 Å². The van der Waals surface area contributed by atoms with Crippen LogP contribution in [0, 0.1) is 12.8 Å². The van der Waals surface area contributed by atoms with Crippen LogP contribution in [0.15, 0.2) is 24.4 Å². The maximum absolute atomic E-state index is 12.3. The molecule has 6 nitrogen and oxygen atoms in total. The number of esters is 1. The molecule has 0 saturated heterocycles. The van der Waals surface area contributed by atoms with Gasteiger partial charge in [-0.3, -0.25) is 9.78 Å². The van der Waals surface area contributed by atoms with Crippen LogP contribution in [0.5, 0.6) is 0 Å². The highest BCUT2D eigenvalue weighted by Gasteiger charge is 2.24. The molecule has 1 fully saturated rings. The van der Waals surface area contributed by atoms with Crippen LogP contribution in [0.2, 0.25) is 0 Å². The third-order valence-electron chi connectivity index (χ3n) is 4.66. The standard InChI is InChI=1S/C19H23N3O3S/c1-12-7-3-4-8-14(12)22-16(23)11-25-19(24)17-13(2)21-18(26-17)15-9-5-6-10-20-15/h5-6,9-10,12,14H,3-4,7-8,11H2,1-2H3,(H,22,23)/t12-,14-/m0/s1. The highest BCUT2D eigenvalue weighted by molar-refractivity contribution is 7.17. The van der Waals surface area contributed by atoms with Crippen LogP contribution in [0.1, 0.15) is 48.0 Å². The van der Waals surface area contributed by atoms with Crippen LogP contribution < -0.4 is 5.32 Å². The third kappa shape index (κ3) is 4.46. The number of nitrogens with zero attached hydrogens (tertiary/aromatic N) is 2. The lowest BCUT2D eigenvalue weighted by molar-refractivity contribution is -0.125. The first-order chi connectivity index (χ1) is 12.5. The second-order valence-electron chi connectivity index (χ2n) is 6.66. The molecule has 3 rings (SSSR count). The molecule has 1 N–H and O–H groups in total. The Morgan fingerprint density at radius 1 is 1.31 bits per heavy atom. The highest BCUT2D eigenvalue weighted by atomic mass is 32.1. The van der Waals surface area contributed by atoms with E-state index in [4.69, 9.17) is 4.74 Å². The van der Waals surface area contributed by atoms with Gasteiger partial charge in [-0.2, -0.15) is 0 Å². The molecule has 1 aliphatic carbocycles. The minimum absolute atomic E-state index is 0.177. The van der Waals surface area contributed by atoms with Crippen molar-refractivity contribution in [3.8, 4) is 10.7 Å². The Morgan fingerprint density at radius 2 is 2.12 bits per heavy atom. The number of carbonyl (C=O) groups excluding carboxylic acids is 2. The first kappa shape index (κ1) is 18.5. The number of aryl methyl sites for hydroxylation is 1. The van der Waals surface area contributed by atoms with Crippen LogP contribution in [0.4, 0.5) is 0 Å². The molecule has 138 valence electrons. The van der Waals surface area contributed by atoms with Crippen LogP contribution in [0.25, 0.3) is 10.7 Å². The number of ether oxygens (including phenoxy) is 1. The van der Waals surface area contributed by atoms with Crippen molar-refractivity contribution in [3.63, 3.8) is 0 Å². The summed E-state index contributed by atoms with van der Waals surface area (Å²) in [6.07, 6.45) is 6.14. The molecular formula is C19H23N3O3S. The summed E-state index contributed by atoms with van der Waals surface area (Å²) in [6, 6.07) is 5.71. The number of pyridine rings is 1. The average molecular weight is 373 g/mol. The molecule has 0 aliphatic heterocycles. The summed E-state index contributed by atoms with van der Waals surface area (Å²) in [5, 5.41) is 3.65. The van der Waals surface area contributed by atoms with Gasteiger partial charge >= 0.3 is 5.97 Å². The Morgan fingerprint density at radius 3 is 2.85 bits per heavy atom. The summed E-state index contributed by atoms with van der Waals surface area (Å²) in [5.74, 6) is -0.300. The number of thiazole rings is 1. The second-order valence-corrected chi connectivity index (χ2v) is 7.66. The normalized spacial score (nSPS) is 19.8. The van der Waals surface area contributed by atoms with Gasteiger partial charge in [-0.25, -0.2) is 9.78 Å². The number of hydrogen-bond donors (Lipinski definition) is 1. The van der Waals surface area contributed by atoms with E-state index in [1.807, 2.05) is 18.2 Å². The van der Waals surface area contributed by atoms with Crippen molar-refractivity contribution in [2.75, 3.05) is 6.61 Å². The molecule has 2 heterocycles. The molecular weight excluding hydrogens is 350 g/mol. The predicted molar refractivity (Wildman–Crippen MR) is 99.9 cm³/mol. The number of carbonyl (C=O) groups is 2. The number of rotatable bonds is 5. The zero-order valence-corrected chi connectivity index (χ0v) is 15.8. The molecule has 0 unspecified atom stereocenters. The molecule has 0 bridgehead atoms. The molecule has 1 amide bonds. The van der Waals surface area contributed by atoms with Crippen molar-refractivity contribution in [2.24, 2.45) is 5.92 Å². The lowest BCUT2D eigenvalue weighted by Gasteiger charge is -2.29. The topological polar surface area (TPSA) is 81.2 Å². The Hall–Kier alpha value is -2.28. The van der Waals surface area contributed by atoms with Crippen LogP contribution in [-0.4, -0.2) is 34.5 Å². The van der Waals surface area contributed by atoms with E-state index in [-0.39, 0.29) is 18.6 Å². The van der Waals surface area contributed by atoms with Gasteiger partial charge in [0.15, 0.2) is 6.61 Å². The monoisotopic (exact) mass is 373 g/mol. The first-order valence-corrected chi connectivity index (χ1v) is 9.71. The minimum Gasteiger partial charge on any atom is -0.451 e. The largest absolute Gasteiger partial charge is 0.451 e. The maximum Gasteiger partial charge on any atom is 0.350 e. The minimum atomic E-state index is -0.519. The van der Waals surface area contributed by atoms with Crippen LogP contribution in [0.3, 0.4) is 0 Å². The van der Waals surface area contributed by atoms with E-state index in [9.17, 15) is 9.59 Å². The molecule has 0 radical (unpaired) electrons. The van der Waals surface area contributed by atoms with E-state index in [2.05, 4.69) is 22.2 Å². The molecule has 1 saturated carbocycles. The van der Waals surface area contributed by atoms with Gasteiger partial charge in [-0.05, 0) is 37.8 Å². The molecule has 2 atom stereocenters. The molecule has 2 aromatic rings. The van der Waals surface area contributed by atoms with Crippen LogP contribution in [-0.2, 0) is 9.53 Å². The predicted octanol–water partition coefficient (Wildman–Crippen LogP) is 3.37. The molecule has 0 spiro atoms. The Balaban J connectivity index is 1.56. The quantitative estimate of drug-likeness (QED) is 0.813. The van der Waals surface area contributed by atoms with Gasteiger partial charge in [0.2, 0.25) is 0 Å². The van der Waals surface area contributed by atoms with Crippen molar-refractivity contribution in [1.82, 2.24) is 15.3 Å². The molecule has 7 heteroatoms. The Bertz CT molecular complexity index is 776. The van der Waals surface area contributed by atoms with Gasteiger partial charge in [0.1, 0.15) is 9.88 Å². The summed E-state index contributed by atoms with van der Waals surface area (Å²) < 4.78 is 5.20. The van der Waals surface area contributed by atoms with E-state index in [1.54, 1.807) is 13.1 Å². The summed E-state index contributed by atoms with van der Waals surface area (Å²) in [5.41, 5.74) is 1.30. The molecule has 0 aromatic carbocycles. The lowest BCUT2D eigenvalue weighted by Crippen LogP contribution is -2.42. The van der Waals surface area contributed by atoms with Crippen molar-refractivity contribution < 1.29 is 14.3 Å². The van der Waals surface area contributed by atoms with Crippen molar-refractivity contribution in [3.05, 3.63) is 35.0 Å². The van der Waals surface area contributed by atoms with Crippen LogP contribution >= 0.6 is 11.3 Å². The molecule has 26 heavy (non-hydrogen) atoms. The number of aromatic nitrogens is 2. The van der Waals surface area contributed by atoms with Gasteiger partial charge in [-0.15, -0.1) is 11.3 Å². The van der Waals surface area contributed by atoms with Gasteiger partial charge in [0, 0.05) is 12.2 Å². The van der Waals surface area contributed by atoms with Gasteiger partial charge < -0.3 is 10.1 Å². The SMILES string of the molecule is Cc1nc(-c2ccccn2)sc1C(=O)OCC(=O)N[C@H]1CCCC[C@@H]1C. The average Bonchev–Trinajstić information content (AvgIpc) is 3.04. The summed E-state index contributed by atoms with van der Waals surface area (Å²) in [7, 11) is 0. The fourth-order valence-electron chi connectivity index (χ4n) is 3.16. The number of amides is 1. The van der Waals surface area contributed by atoms with Gasteiger partial charge in [0.25, 0.3) is 5.91 Å². The Kier molecular flexibility index (Phi) is 5.98.